The smallest absolute Gasteiger partial charge is 0.263 e. The van der Waals surface area contributed by atoms with Crippen molar-refractivity contribution >= 4 is 23.1 Å². The summed E-state index contributed by atoms with van der Waals surface area (Å²) in [5.74, 6) is 0.952. The second-order valence-electron chi connectivity index (χ2n) is 6.44. The van der Waals surface area contributed by atoms with Crippen LogP contribution in [-0.2, 0) is 11.2 Å². The number of benzene rings is 2. The average Bonchev–Trinajstić information content (AvgIpc) is 2.73. The Kier molecular flexibility index (Phi) is 5.01. The molecule has 0 unspecified atom stereocenters. The number of aryl methyl sites for hydroxylation is 1. The Labute approximate surface area is 158 Å². The van der Waals surface area contributed by atoms with Gasteiger partial charge in [-0.15, -0.1) is 0 Å². The zero-order valence-electron chi connectivity index (χ0n) is 15.0. The van der Waals surface area contributed by atoms with Crippen LogP contribution in [0.4, 0.5) is 17.2 Å². The van der Waals surface area contributed by atoms with Crippen molar-refractivity contribution in [3.8, 4) is 5.75 Å². The van der Waals surface area contributed by atoms with Gasteiger partial charge in [0.1, 0.15) is 11.6 Å². The van der Waals surface area contributed by atoms with Gasteiger partial charge in [0.2, 0.25) is 0 Å². The molecule has 0 fully saturated rings. The van der Waals surface area contributed by atoms with E-state index in [-0.39, 0.29) is 12.5 Å². The lowest BCUT2D eigenvalue weighted by Gasteiger charge is -2.31. The molecule has 5 nitrogen and oxygen atoms in total. The van der Waals surface area contributed by atoms with Gasteiger partial charge in [0, 0.05) is 12.2 Å². The van der Waals surface area contributed by atoms with Crippen molar-refractivity contribution in [3.05, 3.63) is 78.5 Å². The van der Waals surface area contributed by atoms with Crippen LogP contribution in [0.3, 0.4) is 0 Å². The van der Waals surface area contributed by atoms with Gasteiger partial charge in [-0.05, 0) is 48.7 Å². The van der Waals surface area contributed by atoms with Crippen LogP contribution in [0.1, 0.15) is 12.0 Å². The van der Waals surface area contributed by atoms with Crippen molar-refractivity contribution < 1.29 is 9.53 Å². The topological polar surface area (TPSA) is 54.5 Å². The van der Waals surface area contributed by atoms with E-state index in [0.717, 1.165) is 25.1 Å². The number of anilines is 3. The van der Waals surface area contributed by atoms with Crippen LogP contribution >= 0.6 is 0 Å². The molecule has 1 aliphatic rings. The second-order valence-corrected chi connectivity index (χ2v) is 6.44. The number of nitrogens with one attached hydrogen (secondary N) is 1. The van der Waals surface area contributed by atoms with Crippen molar-refractivity contribution in [1.82, 2.24) is 4.98 Å². The first-order valence-electron chi connectivity index (χ1n) is 9.09. The summed E-state index contributed by atoms with van der Waals surface area (Å²) in [6.07, 6.45) is 4.03. The molecular formula is C22H21N3O2. The number of amides is 1. The normalized spacial score (nSPS) is 13.0. The monoisotopic (exact) mass is 359 g/mol. The standard InChI is InChI=1S/C22H21N3O2/c26-22(16-27-19-9-2-1-3-10-19)24-21-13-12-18(15-23-21)25-14-6-8-17-7-4-5-11-20(17)25/h1-5,7,9-13,15H,6,8,14,16H2,(H,23,24,26). The number of hydrogen-bond acceptors (Lipinski definition) is 4. The van der Waals surface area contributed by atoms with Crippen LogP contribution in [-0.4, -0.2) is 24.0 Å². The average molecular weight is 359 g/mol. The molecule has 0 saturated heterocycles. The summed E-state index contributed by atoms with van der Waals surface area (Å²) in [6, 6.07) is 21.5. The summed E-state index contributed by atoms with van der Waals surface area (Å²) < 4.78 is 5.45. The number of nitrogens with zero attached hydrogens (tertiary/aromatic N) is 2. The fourth-order valence-electron chi connectivity index (χ4n) is 3.27. The first kappa shape index (κ1) is 17.1. The fourth-order valence-corrected chi connectivity index (χ4v) is 3.27. The molecule has 1 aliphatic heterocycles. The number of carbonyl (C=O) groups excluding carboxylic acids is 1. The fraction of sp³-hybridized carbons (Fsp3) is 0.182. The van der Waals surface area contributed by atoms with Gasteiger partial charge in [-0.25, -0.2) is 4.98 Å². The van der Waals surface area contributed by atoms with Crippen molar-refractivity contribution in [2.75, 3.05) is 23.4 Å². The Morgan fingerprint density at radius 1 is 1.04 bits per heavy atom. The molecule has 27 heavy (non-hydrogen) atoms. The molecular weight excluding hydrogens is 338 g/mol. The molecule has 5 heteroatoms. The number of aromatic nitrogens is 1. The van der Waals surface area contributed by atoms with Crippen molar-refractivity contribution in [3.63, 3.8) is 0 Å². The Bertz CT molecular complexity index is 910. The molecule has 1 aromatic heterocycles. The molecule has 2 aromatic carbocycles. The maximum Gasteiger partial charge on any atom is 0.263 e. The third-order valence-corrected chi connectivity index (χ3v) is 4.55. The highest BCUT2D eigenvalue weighted by atomic mass is 16.5. The van der Waals surface area contributed by atoms with Crippen LogP contribution in [0.5, 0.6) is 5.75 Å². The Morgan fingerprint density at radius 3 is 2.67 bits per heavy atom. The van der Waals surface area contributed by atoms with Gasteiger partial charge in [0.25, 0.3) is 5.91 Å². The number of carbonyl (C=O) groups is 1. The van der Waals surface area contributed by atoms with Crippen LogP contribution in [0.25, 0.3) is 0 Å². The van der Waals surface area contributed by atoms with E-state index in [1.54, 1.807) is 6.20 Å². The largest absolute Gasteiger partial charge is 0.484 e. The SMILES string of the molecule is O=C(COc1ccccc1)Nc1ccc(N2CCCc3ccccc32)cn1. The molecule has 2 heterocycles. The summed E-state index contributed by atoms with van der Waals surface area (Å²) >= 11 is 0. The maximum atomic E-state index is 12.0. The van der Waals surface area contributed by atoms with E-state index in [2.05, 4.69) is 39.5 Å². The van der Waals surface area contributed by atoms with Gasteiger partial charge in [-0.3, -0.25) is 4.79 Å². The lowest BCUT2D eigenvalue weighted by atomic mass is 10.0. The number of ether oxygens (including phenoxy) is 1. The predicted molar refractivity (Wildman–Crippen MR) is 107 cm³/mol. The summed E-state index contributed by atoms with van der Waals surface area (Å²) in [5.41, 5.74) is 3.62. The van der Waals surface area contributed by atoms with Crippen LogP contribution in [0.15, 0.2) is 72.9 Å². The lowest BCUT2D eigenvalue weighted by molar-refractivity contribution is -0.118. The van der Waals surface area contributed by atoms with Crippen molar-refractivity contribution in [2.24, 2.45) is 0 Å². The van der Waals surface area contributed by atoms with E-state index < -0.39 is 0 Å². The van der Waals surface area contributed by atoms with Gasteiger partial charge >= 0.3 is 0 Å². The van der Waals surface area contributed by atoms with Gasteiger partial charge in [-0.2, -0.15) is 0 Å². The lowest BCUT2D eigenvalue weighted by Crippen LogP contribution is -2.24. The first-order chi connectivity index (χ1) is 13.3. The molecule has 0 bridgehead atoms. The van der Waals surface area contributed by atoms with E-state index in [1.807, 2.05) is 42.5 Å². The zero-order chi connectivity index (χ0) is 18.5. The summed E-state index contributed by atoms with van der Waals surface area (Å²) in [7, 11) is 0. The van der Waals surface area contributed by atoms with Crippen LogP contribution < -0.4 is 15.0 Å². The minimum Gasteiger partial charge on any atom is -0.484 e. The minimum atomic E-state index is -0.234. The highest BCUT2D eigenvalue weighted by Gasteiger charge is 2.18. The summed E-state index contributed by atoms with van der Waals surface area (Å²) in [5, 5.41) is 2.77. The maximum absolute atomic E-state index is 12.0. The molecule has 4 rings (SSSR count). The van der Waals surface area contributed by atoms with E-state index in [1.165, 1.54) is 11.3 Å². The number of fused-ring (bicyclic) bond motifs is 1. The van der Waals surface area contributed by atoms with E-state index >= 15 is 0 Å². The molecule has 3 aromatic rings. The first-order valence-corrected chi connectivity index (χ1v) is 9.09. The predicted octanol–water partition coefficient (Wildman–Crippen LogP) is 4.18. The Hall–Kier alpha value is -3.34. The Morgan fingerprint density at radius 2 is 1.85 bits per heavy atom. The molecule has 0 saturated carbocycles. The number of hydrogen-bond donors (Lipinski definition) is 1. The molecule has 0 aliphatic carbocycles. The third kappa shape index (κ3) is 4.08. The summed E-state index contributed by atoms with van der Waals surface area (Å²) in [6.45, 7) is 0.919. The molecule has 136 valence electrons. The zero-order valence-corrected chi connectivity index (χ0v) is 15.0. The minimum absolute atomic E-state index is 0.0487. The number of para-hydroxylation sites is 2. The van der Waals surface area contributed by atoms with Crippen LogP contribution in [0, 0.1) is 0 Å². The van der Waals surface area contributed by atoms with Gasteiger partial charge in [0.15, 0.2) is 6.61 Å². The number of pyridine rings is 1. The van der Waals surface area contributed by atoms with E-state index in [4.69, 9.17) is 4.74 Å². The second kappa shape index (κ2) is 7.91. The van der Waals surface area contributed by atoms with Gasteiger partial charge in [-0.1, -0.05) is 36.4 Å². The molecule has 0 spiro atoms. The molecule has 1 N–H and O–H groups in total. The van der Waals surface area contributed by atoms with Gasteiger partial charge < -0.3 is 15.0 Å². The Balaban J connectivity index is 1.39. The van der Waals surface area contributed by atoms with E-state index in [9.17, 15) is 4.79 Å². The van der Waals surface area contributed by atoms with Gasteiger partial charge in [0.05, 0.1) is 11.9 Å². The highest BCUT2D eigenvalue weighted by Crippen LogP contribution is 2.33. The highest BCUT2D eigenvalue weighted by molar-refractivity contribution is 5.91. The third-order valence-electron chi connectivity index (χ3n) is 4.55. The van der Waals surface area contributed by atoms with Crippen molar-refractivity contribution in [2.45, 2.75) is 12.8 Å². The van der Waals surface area contributed by atoms with E-state index in [0.29, 0.717) is 11.6 Å². The number of rotatable bonds is 5. The summed E-state index contributed by atoms with van der Waals surface area (Å²) in [4.78, 5) is 18.7. The van der Waals surface area contributed by atoms with Crippen LogP contribution in [0.2, 0.25) is 0 Å². The molecule has 1 amide bonds. The molecule has 0 radical (unpaired) electrons. The van der Waals surface area contributed by atoms with Crippen molar-refractivity contribution in [1.29, 1.82) is 0 Å². The quantitative estimate of drug-likeness (QED) is 0.742. The molecule has 0 atom stereocenters.